The summed E-state index contributed by atoms with van der Waals surface area (Å²) >= 11 is 5.77. The Morgan fingerprint density at radius 3 is 2.65 bits per heavy atom. The first kappa shape index (κ1) is 13.9. The van der Waals surface area contributed by atoms with E-state index in [-0.39, 0.29) is 16.5 Å². The highest BCUT2D eigenvalue weighted by atomic mass is 35.5. The molecule has 0 spiro atoms. The molecule has 0 bridgehead atoms. The fourth-order valence-electron chi connectivity index (χ4n) is 1.32. The van der Waals surface area contributed by atoms with E-state index in [2.05, 4.69) is 4.98 Å². The van der Waals surface area contributed by atoms with E-state index in [1.807, 2.05) is 0 Å². The quantitative estimate of drug-likeness (QED) is 0.693. The van der Waals surface area contributed by atoms with E-state index in [4.69, 9.17) is 22.1 Å². The normalized spacial score (nSPS) is 10.3. The van der Waals surface area contributed by atoms with Crippen molar-refractivity contribution >= 4 is 23.1 Å². The van der Waals surface area contributed by atoms with Crippen LogP contribution < -0.4 is 10.5 Å². The number of halogens is 3. The first-order chi connectivity index (χ1) is 9.38. The molecule has 0 saturated heterocycles. The number of anilines is 1. The van der Waals surface area contributed by atoms with Crippen LogP contribution >= 0.6 is 11.6 Å². The van der Waals surface area contributed by atoms with Crippen molar-refractivity contribution in [2.24, 2.45) is 0 Å². The molecule has 1 aromatic carbocycles. The summed E-state index contributed by atoms with van der Waals surface area (Å²) in [5, 5.41) is 10.6. The molecule has 0 atom stereocenters. The lowest BCUT2D eigenvalue weighted by molar-refractivity contribution is -0.384. The van der Waals surface area contributed by atoms with E-state index in [1.165, 1.54) is 6.07 Å². The topological polar surface area (TPSA) is 91.3 Å². The summed E-state index contributed by atoms with van der Waals surface area (Å²) in [6.45, 7) is 0. The van der Waals surface area contributed by atoms with Crippen molar-refractivity contribution in [3.05, 3.63) is 51.0 Å². The van der Waals surface area contributed by atoms with Crippen LogP contribution in [0.2, 0.25) is 5.02 Å². The van der Waals surface area contributed by atoms with Gasteiger partial charge in [-0.15, -0.1) is 0 Å². The van der Waals surface area contributed by atoms with E-state index in [0.29, 0.717) is 6.07 Å². The number of nitro groups is 1. The highest BCUT2D eigenvalue weighted by Gasteiger charge is 2.16. The van der Waals surface area contributed by atoms with E-state index in [0.717, 1.165) is 12.1 Å². The number of nitrogens with zero attached hydrogens (tertiary/aromatic N) is 2. The van der Waals surface area contributed by atoms with Gasteiger partial charge in [0.1, 0.15) is 0 Å². The SMILES string of the molecule is Nc1nc(Oc2cc([N+](=O)[O-])ccc2Cl)c(F)cc1F. The number of nitro benzene ring substituents is 1. The molecule has 0 saturated carbocycles. The first-order valence-corrected chi connectivity index (χ1v) is 5.49. The molecule has 0 fully saturated rings. The van der Waals surface area contributed by atoms with Crippen LogP contribution in [0.3, 0.4) is 0 Å². The van der Waals surface area contributed by atoms with Gasteiger partial charge < -0.3 is 10.5 Å². The predicted octanol–water partition coefficient (Wildman–Crippen LogP) is 3.30. The monoisotopic (exact) mass is 301 g/mol. The van der Waals surface area contributed by atoms with Crippen molar-refractivity contribution in [2.75, 3.05) is 5.73 Å². The number of nitrogen functional groups attached to an aromatic ring is 1. The van der Waals surface area contributed by atoms with Crippen LogP contribution in [0.5, 0.6) is 11.6 Å². The molecule has 2 rings (SSSR count). The Kier molecular flexibility index (Phi) is 3.66. The van der Waals surface area contributed by atoms with Crippen LogP contribution in [-0.4, -0.2) is 9.91 Å². The second kappa shape index (κ2) is 5.25. The maximum Gasteiger partial charge on any atom is 0.273 e. The number of nitrogens with two attached hydrogens (primary N) is 1. The number of rotatable bonds is 3. The van der Waals surface area contributed by atoms with E-state index in [1.54, 1.807) is 0 Å². The summed E-state index contributed by atoms with van der Waals surface area (Å²) < 4.78 is 31.4. The lowest BCUT2D eigenvalue weighted by atomic mass is 10.3. The molecular formula is C11H6ClF2N3O3. The second-order valence-corrected chi connectivity index (χ2v) is 4.02. The summed E-state index contributed by atoms with van der Waals surface area (Å²) in [6.07, 6.45) is 0. The number of aromatic nitrogens is 1. The standard InChI is InChI=1S/C11H6ClF2N3O3/c12-6-2-1-5(17(18)19)3-9(6)20-11-8(14)4-7(13)10(15)16-11/h1-4H,(H2,15,16). The van der Waals surface area contributed by atoms with Gasteiger partial charge in [0.05, 0.1) is 16.0 Å². The van der Waals surface area contributed by atoms with Gasteiger partial charge in [-0.2, -0.15) is 4.98 Å². The summed E-state index contributed by atoms with van der Waals surface area (Å²) in [5.41, 5.74) is 4.88. The molecule has 104 valence electrons. The molecule has 0 amide bonds. The third-order valence-electron chi connectivity index (χ3n) is 2.26. The van der Waals surface area contributed by atoms with Gasteiger partial charge in [0.25, 0.3) is 11.6 Å². The van der Waals surface area contributed by atoms with Crippen LogP contribution in [0.1, 0.15) is 0 Å². The average molecular weight is 302 g/mol. The highest BCUT2D eigenvalue weighted by Crippen LogP contribution is 2.33. The summed E-state index contributed by atoms with van der Waals surface area (Å²) in [4.78, 5) is 13.3. The lowest BCUT2D eigenvalue weighted by Crippen LogP contribution is -2.00. The van der Waals surface area contributed by atoms with Gasteiger partial charge in [0.2, 0.25) is 0 Å². The molecule has 0 aliphatic heterocycles. The predicted molar refractivity (Wildman–Crippen MR) is 66.7 cm³/mol. The van der Waals surface area contributed by atoms with Crippen LogP contribution in [0.15, 0.2) is 24.3 Å². The van der Waals surface area contributed by atoms with Crippen LogP contribution in [0.4, 0.5) is 20.3 Å². The van der Waals surface area contributed by atoms with Crippen LogP contribution in [-0.2, 0) is 0 Å². The van der Waals surface area contributed by atoms with Crippen molar-refractivity contribution in [3.8, 4) is 11.6 Å². The van der Waals surface area contributed by atoms with Crippen molar-refractivity contribution in [1.82, 2.24) is 4.98 Å². The Balaban J connectivity index is 2.42. The maximum atomic E-state index is 13.4. The van der Waals surface area contributed by atoms with Gasteiger partial charge in [0.15, 0.2) is 23.2 Å². The smallest absolute Gasteiger partial charge is 0.273 e. The van der Waals surface area contributed by atoms with Gasteiger partial charge >= 0.3 is 0 Å². The Bertz CT molecular complexity index is 697. The molecule has 9 heteroatoms. The fourth-order valence-corrected chi connectivity index (χ4v) is 1.48. The van der Waals surface area contributed by atoms with E-state index >= 15 is 0 Å². The molecule has 2 N–H and O–H groups in total. The Morgan fingerprint density at radius 2 is 2.00 bits per heavy atom. The third-order valence-corrected chi connectivity index (χ3v) is 2.57. The van der Waals surface area contributed by atoms with Gasteiger partial charge in [-0.05, 0) is 6.07 Å². The minimum atomic E-state index is -1.11. The van der Waals surface area contributed by atoms with Crippen molar-refractivity contribution in [1.29, 1.82) is 0 Å². The second-order valence-electron chi connectivity index (χ2n) is 3.62. The zero-order valence-electron chi connectivity index (χ0n) is 9.64. The average Bonchev–Trinajstić information content (AvgIpc) is 2.38. The van der Waals surface area contributed by atoms with Crippen molar-refractivity contribution < 1.29 is 18.4 Å². The molecule has 0 radical (unpaired) electrons. The summed E-state index contributed by atoms with van der Waals surface area (Å²) in [5.74, 6) is -3.55. The van der Waals surface area contributed by atoms with Gasteiger partial charge in [-0.25, -0.2) is 8.78 Å². The molecule has 0 aliphatic carbocycles. The molecular weight excluding hydrogens is 296 g/mol. The zero-order valence-corrected chi connectivity index (χ0v) is 10.4. The summed E-state index contributed by atoms with van der Waals surface area (Å²) in [6, 6.07) is 3.84. The lowest BCUT2D eigenvalue weighted by Gasteiger charge is -2.08. The number of hydrogen-bond donors (Lipinski definition) is 1. The van der Waals surface area contributed by atoms with E-state index < -0.39 is 28.3 Å². The van der Waals surface area contributed by atoms with Crippen molar-refractivity contribution in [2.45, 2.75) is 0 Å². The molecule has 0 aliphatic rings. The minimum Gasteiger partial charge on any atom is -0.435 e. The Morgan fingerprint density at radius 1 is 1.30 bits per heavy atom. The molecule has 2 aromatic rings. The summed E-state index contributed by atoms with van der Waals surface area (Å²) in [7, 11) is 0. The number of non-ortho nitro benzene ring substituents is 1. The zero-order chi connectivity index (χ0) is 14.9. The van der Waals surface area contributed by atoms with Crippen molar-refractivity contribution in [3.63, 3.8) is 0 Å². The molecule has 1 heterocycles. The molecule has 20 heavy (non-hydrogen) atoms. The Labute approximate surface area is 115 Å². The van der Waals surface area contributed by atoms with E-state index in [9.17, 15) is 18.9 Å². The number of ether oxygens (including phenoxy) is 1. The van der Waals surface area contributed by atoms with Gasteiger partial charge in [-0.3, -0.25) is 10.1 Å². The van der Waals surface area contributed by atoms with Gasteiger partial charge in [-0.1, -0.05) is 11.6 Å². The third kappa shape index (κ3) is 2.75. The largest absolute Gasteiger partial charge is 0.435 e. The minimum absolute atomic E-state index is 0.000281. The van der Waals surface area contributed by atoms with Crippen LogP contribution in [0, 0.1) is 21.7 Å². The van der Waals surface area contributed by atoms with Gasteiger partial charge in [0, 0.05) is 12.1 Å². The maximum absolute atomic E-state index is 13.4. The molecule has 1 aromatic heterocycles. The number of benzene rings is 1. The number of hydrogen-bond acceptors (Lipinski definition) is 5. The number of pyridine rings is 1. The molecule has 0 unspecified atom stereocenters. The highest BCUT2D eigenvalue weighted by molar-refractivity contribution is 6.32. The fraction of sp³-hybridized carbons (Fsp3) is 0. The van der Waals surface area contributed by atoms with Crippen LogP contribution in [0.25, 0.3) is 0 Å². The first-order valence-electron chi connectivity index (χ1n) is 5.12. The Hall–Kier alpha value is -2.48. The molecule has 6 nitrogen and oxygen atoms in total.